The molecule has 0 heterocycles. The van der Waals surface area contributed by atoms with Crippen molar-refractivity contribution in [2.75, 3.05) is 11.9 Å². The van der Waals surface area contributed by atoms with Crippen LogP contribution in [0.2, 0.25) is 0 Å². The highest BCUT2D eigenvalue weighted by Crippen LogP contribution is 2.22. The Morgan fingerprint density at radius 1 is 0.821 bits per heavy atom. The van der Waals surface area contributed by atoms with Crippen LogP contribution in [0.4, 0.5) is 10.5 Å². The summed E-state index contributed by atoms with van der Waals surface area (Å²) in [6.45, 7) is 2.04. The Balaban J connectivity index is 1.76. The summed E-state index contributed by atoms with van der Waals surface area (Å²) in [5, 5.41) is 5.70. The van der Waals surface area contributed by atoms with E-state index in [0.717, 1.165) is 11.1 Å². The van der Waals surface area contributed by atoms with Crippen LogP contribution in [0, 0.1) is 0 Å². The molecule has 0 aliphatic heterocycles. The van der Waals surface area contributed by atoms with E-state index in [1.165, 1.54) is 0 Å². The van der Waals surface area contributed by atoms with Crippen LogP contribution < -0.4 is 10.6 Å². The number of carbonyl (C=O) groups is 2. The van der Waals surface area contributed by atoms with Gasteiger partial charge in [-0.25, -0.2) is 4.79 Å². The lowest BCUT2D eigenvalue weighted by molar-refractivity contribution is 0.0943. The average Bonchev–Trinajstić information content (AvgIpc) is 2.74. The summed E-state index contributed by atoms with van der Waals surface area (Å²) in [5.74, 6) is -0.194. The molecule has 5 heteroatoms. The highest BCUT2D eigenvalue weighted by Gasteiger charge is 2.17. The second kappa shape index (κ2) is 9.37. The summed E-state index contributed by atoms with van der Waals surface area (Å²) in [5.41, 5.74) is 3.08. The molecule has 0 aromatic heterocycles. The number of amides is 2. The van der Waals surface area contributed by atoms with Crippen LogP contribution >= 0.6 is 0 Å². The molecule has 0 saturated heterocycles. The van der Waals surface area contributed by atoms with E-state index in [2.05, 4.69) is 10.6 Å². The fraction of sp³-hybridized carbons (Fsp3) is 0.130. The molecule has 0 spiro atoms. The second-order valence-electron chi connectivity index (χ2n) is 6.15. The molecule has 0 aliphatic rings. The van der Waals surface area contributed by atoms with Crippen LogP contribution in [-0.4, -0.2) is 18.6 Å². The number of hydrogen-bond donors (Lipinski definition) is 2. The summed E-state index contributed by atoms with van der Waals surface area (Å²) in [7, 11) is 0. The van der Waals surface area contributed by atoms with Crippen molar-refractivity contribution in [1.29, 1.82) is 0 Å². The van der Waals surface area contributed by atoms with Crippen molar-refractivity contribution in [3.05, 3.63) is 102 Å². The number of benzene rings is 3. The number of nitrogens with one attached hydrogen (secondary N) is 2. The molecule has 2 amide bonds. The van der Waals surface area contributed by atoms with Gasteiger partial charge in [0.1, 0.15) is 0 Å². The first-order chi connectivity index (χ1) is 13.7. The molecule has 0 aliphatic carbocycles. The third-order valence-corrected chi connectivity index (χ3v) is 4.21. The molecule has 142 valence electrons. The Kier molecular flexibility index (Phi) is 6.41. The quantitative estimate of drug-likeness (QED) is 0.653. The van der Waals surface area contributed by atoms with Crippen LogP contribution in [0.25, 0.3) is 0 Å². The number of ether oxygens (including phenoxy) is 1. The van der Waals surface area contributed by atoms with Gasteiger partial charge in [0.05, 0.1) is 12.6 Å². The minimum Gasteiger partial charge on any atom is -0.450 e. The van der Waals surface area contributed by atoms with Crippen molar-refractivity contribution in [2.45, 2.75) is 13.0 Å². The van der Waals surface area contributed by atoms with Gasteiger partial charge >= 0.3 is 6.09 Å². The van der Waals surface area contributed by atoms with Gasteiger partial charge in [0.2, 0.25) is 0 Å². The Bertz CT molecular complexity index is 870. The highest BCUT2D eigenvalue weighted by atomic mass is 16.5. The maximum Gasteiger partial charge on any atom is 0.411 e. The molecule has 3 rings (SSSR count). The largest absolute Gasteiger partial charge is 0.450 e. The van der Waals surface area contributed by atoms with E-state index in [1.54, 1.807) is 31.2 Å². The van der Waals surface area contributed by atoms with Crippen molar-refractivity contribution in [2.24, 2.45) is 0 Å². The second-order valence-corrected chi connectivity index (χ2v) is 6.15. The molecule has 0 atom stereocenters. The molecule has 0 fully saturated rings. The molecule has 2 N–H and O–H groups in total. The SMILES string of the molecule is CCOC(=O)Nc1ccc(C(=O)NC(c2ccccc2)c2ccccc2)cc1. The zero-order valence-corrected chi connectivity index (χ0v) is 15.6. The molecule has 0 unspecified atom stereocenters. The van der Waals surface area contributed by atoms with Gasteiger partial charge in [-0.2, -0.15) is 0 Å². The highest BCUT2D eigenvalue weighted by molar-refractivity contribution is 5.95. The molecule has 0 saturated carbocycles. The van der Waals surface area contributed by atoms with Crippen LogP contribution in [-0.2, 0) is 4.74 Å². The normalized spacial score (nSPS) is 10.4. The van der Waals surface area contributed by atoms with Crippen LogP contribution in [0.5, 0.6) is 0 Å². The smallest absolute Gasteiger partial charge is 0.411 e. The molecule has 5 nitrogen and oxygen atoms in total. The third kappa shape index (κ3) is 4.98. The van der Waals surface area contributed by atoms with E-state index in [-0.39, 0.29) is 11.9 Å². The van der Waals surface area contributed by atoms with Crippen molar-refractivity contribution >= 4 is 17.7 Å². The van der Waals surface area contributed by atoms with Crippen molar-refractivity contribution < 1.29 is 14.3 Å². The van der Waals surface area contributed by atoms with Gasteiger partial charge in [-0.1, -0.05) is 60.7 Å². The summed E-state index contributed by atoms with van der Waals surface area (Å²) in [6.07, 6.45) is -0.520. The minimum atomic E-state index is -0.520. The molecular formula is C23H22N2O3. The lowest BCUT2D eigenvalue weighted by Crippen LogP contribution is -2.29. The van der Waals surface area contributed by atoms with E-state index >= 15 is 0 Å². The van der Waals surface area contributed by atoms with Gasteiger partial charge < -0.3 is 10.1 Å². The van der Waals surface area contributed by atoms with E-state index in [0.29, 0.717) is 17.9 Å². The zero-order chi connectivity index (χ0) is 19.8. The molecule has 0 bridgehead atoms. The van der Waals surface area contributed by atoms with Gasteiger partial charge in [0.25, 0.3) is 5.91 Å². The third-order valence-electron chi connectivity index (χ3n) is 4.21. The van der Waals surface area contributed by atoms with Gasteiger partial charge in [-0.05, 0) is 42.3 Å². The molecule has 28 heavy (non-hydrogen) atoms. The Morgan fingerprint density at radius 3 is 1.86 bits per heavy atom. The standard InChI is InChI=1S/C23H22N2O3/c1-2-28-23(27)24-20-15-13-19(14-16-20)22(26)25-21(17-9-5-3-6-10-17)18-11-7-4-8-12-18/h3-16,21H,2H2,1H3,(H,24,27)(H,25,26). The van der Waals surface area contributed by atoms with Crippen LogP contribution in [0.1, 0.15) is 34.5 Å². The number of rotatable bonds is 6. The zero-order valence-electron chi connectivity index (χ0n) is 15.6. The fourth-order valence-corrected chi connectivity index (χ4v) is 2.85. The summed E-state index contributed by atoms with van der Waals surface area (Å²) in [6, 6.07) is 26.1. The van der Waals surface area contributed by atoms with E-state index in [4.69, 9.17) is 4.74 Å². The molecule has 0 radical (unpaired) electrons. The summed E-state index contributed by atoms with van der Waals surface area (Å²) in [4.78, 5) is 24.3. The Labute approximate surface area is 164 Å². The molecule has 3 aromatic carbocycles. The van der Waals surface area contributed by atoms with Crippen molar-refractivity contribution in [1.82, 2.24) is 5.32 Å². The summed E-state index contributed by atoms with van der Waals surface area (Å²) < 4.78 is 4.84. The fourth-order valence-electron chi connectivity index (χ4n) is 2.85. The van der Waals surface area contributed by atoms with Gasteiger partial charge in [-0.15, -0.1) is 0 Å². The number of carbonyl (C=O) groups excluding carboxylic acids is 2. The van der Waals surface area contributed by atoms with Crippen molar-refractivity contribution in [3.63, 3.8) is 0 Å². The van der Waals surface area contributed by atoms with Crippen LogP contribution in [0.3, 0.4) is 0 Å². The van der Waals surface area contributed by atoms with Gasteiger partial charge in [0.15, 0.2) is 0 Å². The maximum atomic E-state index is 12.8. The van der Waals surface area contributed by atoms with E-state index in [9.17, 15) is 9.59 Å². The monoisotopic (exact) mass is 374 g/mol. The van der Waals surface area contributed by atoms with Crippen LogP contribution in [0.15, 0.2) is 84.9 Å². The average molecular weight is 374 g/mol. The topological polar surface area (TPSA) is 67.4 Å². The molecular weight excluding hydrogens is 352 g/mol. The van der Waals surface area contributed by atoms with Gasteiger partial charge in [-0.3, -0.25) is 10.1 Å². The Hall–Kier alpha value is -3.60. The maximum absolute atomic E-state index is 12.8. The van der Waals surface area contributed by atoms with E-state index in [1.807, 2.05) is 60.7 Å². The van der Waals surface area contributed by atoms with Crippen molar-refractivity contribution in [3.8, 4) is 0 Å². The number of anilines is 1. The van der Waals surface area contributed by atoms with Gasteiger partial charge in [0, 0.05) is 11.3 Å². The first-order valence-electron chi connectivity index (χ1n) is 9.12. The first-order valence-corrected chi connectivity index (χ1v) is 9.12. The predicted octanol–water partition coefficient (Wildman–Crippen LogP) is 4.77. The molecule has 3 aromatic rings. The lowest BCUT2D eigenvalue weighted by atomic mass is 9.98. The minimum absolute atomic E-state index is 0.194. The first kappa shape index (κ1) is 19.2. The van der Waals surface area contributed by atoms with E-state index < -0.39 is 6.09 Å². The lowest BCUT2D eigenvalue weighted by Gasteiger charge is -2.20. The summed E-state index contributed by atoms with van der Waals surface area (Å²) >= 11 is 0. The Morgan fingerprint density at radius 2 is 1.36 bits per heavy atom. The predicted molar refractivity (Wildman–Crippen MR) is 109 cm³/mol. The number of hydrogen-bond acceptors (Lipinski definition) is 3.